The van der Waals surface area contributed by atoms with E-state index in [-0.39, 0.29) is 0 Å². The maximum atomic E-state index is 9.00. The Kier molecular flexibility index (Phi) is 6.40. The van der Waals surface area contributed by atoms with E-state index >= 15 is 0 Å². The molecular weight excluding hydrogens is 284 g/mol. The summed E-state index contributed by atoms with van der Waals surface area (Å²) in [7, 11) is 0. The minimum Gasteiger partial charge on any atom is -0.481 e. The molecule has 0 amide bonds. The summed E-state index contributed by atoms with van der Waals surface area (Å²) in [6.07, 6.45) is 6.98. The van der Waals surface area contributed by atoms with E-state index in [0.29, 0.717) is 0 Å². The van der Waals surface area contributed by atoms with Crippen LogP contribution in [-0.2, 0) is 4.79 Å². The van der Waals surface area contributed by atoms with Gasteiger partial charge >= 0.3 is 0 Å². The van der Waals surface area contributed by atoms with Gasteiger partial charge in [-0.15, -0.1) is 0 Å². The van der Waals surface area contributed by atoms with Gasteiger partial charge < -0.3 is 5.11 Å². The molecule has 2 nitrogen and oxygen atoms in total. The van der Waals surface area contributed by atoms with E-state index in [2.05, 4.69) is 55.5 Å². The largest absolute Gasteiger partial charge is 0.481 e. The Morgan fingerprint density at radius 1 is 0.957 bits per heavy atom. The van der Waals surface area contributed by atoms with Crippen LogP contribution in [0.4, 0.5) is 0 Å². The summed E-state index contributed by atoms with van der Waals surface area (Å²) in [5.74, 6) is -0.0441. The van der Waals surface area contributed by atoms with Crippen molar-refractivity contribution < 1.29 is 9.90 Å². The lowest BCUT2D eigenvalue weighted by molar-refractivity contribution is -0.134. The first-order chi connectivity index (χ1) is 11.1. The maximum absolute atomic E-state index is 9.00. The van der Waals surface area contributed by atoms with Crippen LogP contribution in [0, 0.1) is 6.92 Å². The third-order valence-electron chi connectivity index (χ3n) is 4.51. The quantitative estimate of drug-likeness (QED) is 0.761. The normalized spacial score (nSPS) is 14.7. The molecule has 1 fully saturated rings. The molecule has 122 valence electrons. The average Bonchev–Trinajstić information content (AvgIpc) is 2.56. The predicted octanol–water partition coefficient (Wildman–Crippen LogP) is 5.80. The van der Waals surface area contributed by atoms with E-state index in [1.807, 2.05) is 0 Å². The molecule has 0 saturated heterocycles. The van der Waals surface area contributed by atoms with Crippen LogP contribution in [-0.4, -0.2) is 11.1 Å². The molecule has 0 atom stereocenters. The number of hydrogen-bond donors (Lipinski definition) is 1. The number of rotatable bonds is 2. The van der Waals surface area contributed by atoms with Crippen LogP contribution in [0.15, 0.2) is 48.5 Å². The van der Waals surface area contributed by atoms with Gasteiger partial charge in [0.25, 0.3) is 5.97 Å². The molecule has 3 rings (SSSR count). The van der Waals surface area contributed by atoms with E-state index in [0.717, 1.165) is 12.8 Å². The number of hydrogen-bond acceptors (Lipinski definition) is 1. The third kappa shape index (κ3) is 4.95. The molecule has 0 aromatic heterocycles. The lowest BCUT2D eigenvalue weighted by Gasteiger charge is -2.24. The van der Waals surface area contributed by atoms with Crippen LogP contribution in [0.3, 0.4) is 0 Å². The maximum Gasteiger partial charge on any atom is 0.300 e. The fraction of sp³-hybridized carbons (Fsp3) is 0.381. The van der Waals surface area contributed by atoms with E-state index < -0.39 is 5.97 Å². The Balaban J connectivity index is 0.000000433. The topological polar surface area (TPSA) is 37.3 Å². The molecule has 2 aromatic carbocycles. The second-order valence-corrected chi connectivity index (χ2v) is 6.24. The van der Waals surface area contributed by atoms with Crippen molar-refractivity contribution in [1.29, 1.82) is 0 Å². The Hall–Kier alpha value is -2.09. The highest BCUT2D eigenvalue weighted by Crippen LogP contribution is 2.37. The Bertz CT molecular complexity index is 622. The number of aliphatic carboxylic acids is 1. The molecule has 1 saturated carbocycles. The van der Waals surface area contributed by atoms with Crippen molar-refractivity contribution >= 4 is 5.97 Å². The van der Waals surface area contributed by atoms with Gasteiger partial charge in [0.1, 0.15) is 0 Å². The van der Waals surface area contributed by atoms with Crippen molar-refractivity contribution in [3.63, 3.8) is 0 Å². The van der Waals surface area contributed by atoms with Crippen LogP contribution in [0.5, 0.6) is 0 Å². The minimum atomic E-state index is -0.833. The van der Waals surface area contributed by atoms with Crippen molar-refractivity contribution in [3.8, 4) is 11.1 Å². The molecule has 0 radical (unpaired) electrons. The molecule has 0 bridgehead atoms. The Morgan fingerprint density at radius 3 is 2.17 bits per heavy atom. The summed E-state index contributed by atoms with van der Waals surface area (Å²) >= 11 is 0. The first kappa shape index (κ1) is 17.3. The Labute approximate surface area is 139 Å². The number of carbonyl (C=O) groups is 1. The average molecular weight is 310 g/mol. The van der Waals surface area contributed by atoms with Crippen LogP contribution in [0.25, 0.3) is 11.1 Å². The van der Waals surface area contributed by atoms with Gasteiger partial charge in [0, 0.05) is 6.92 Å². The molecule has 2 aromatic rings. The summed E-state index contributed by atoms with van der Waals surface area (Å²) in [6.45, 7) is 3.38. The predicted molar refractivity (Wildman–Crippen MR) is 95.8 cm³/mol. The third-order valence-corrected chi connectivity index (χ3v) is 4.51. The summed E-state index contributed by atoms with van der Waals surface area (Å²) in [6, 6.07) is 17.6. The van der Waals surface area contributed by atoms with Crippen molar-refractivity contribution in [2.75, 3.05) is 0 Å². The smallest absolute Gasteiger partial charge is 0.300 e. The van der Waals surface area contributed by atoms with Crippen LogP contribution in [0.2, 0.25) is 0 Å². The summed E-state index contributed by atoms with van der Waals surface area (Å²) in [5, 5.41) is 7.42. The van der Waals surface area contributed by atoms with Gasteiger partial charge in [-0.1, -0.05) is 67.8 Å². The first-order valence-corrected chi connectivity index (χ1v) is 8.44. The molecular formula is C21H26O2. The second kappa shape index (κ2) is 8.52. The second-order valence-electron chi connectivity index (χ2n) is 6.24. The van der Waals surface area contributed by atoms with Crippen molar-refractivity contribution in [2.24, 2.45) is 0 Å². The lowest BCUT2D eigenvalue weighted by Crippen LogP contribution is -2.06. The zero-order chi connectivity index (χ0) is 16.7. The summed E-state index contributed by atoms with van der Waals surface area (Å²) in [5.41, 5.74) is 5.82. The van der Waals surface area contributed by atoms with E-state index in [1.54, 1.807) is 5.56 Å². The molecule has 0 heterocycles. The molecule has 1 aliphatic carbocycles. The zero-order valence-corrected chi connectivity index (χ0v) is 14.1. The molecule has 0 aliphatic heterocycles. The Morgan fingerprint density at radius 2 is 1.57 bits per heavy atom. The molecule has 2 heteroatoms. The van der Waals surface area contributed by atoms with Crippen molar-refractivity contribution in [3.05, 3.63) is 59.7 Å². The van der Waals surface area contributed by atoms with Crippen LogP contribution >= 0.6 is 0 Å². The summed E-state index contributed by atoms with van der Waals surface area (Å²) < 4.78 is 0. The van der Waals surface area contributed by atoms with Gasteiger partial charge in [-0.25, -0.2) is 0 Å². The summed E-state index contributed by atoms with van der Waals surface area (Å²) in [4.78, 5) is 9.00. The van der Waals surface area contributed by atoms with E-state index in [9.17, 15) is 0 Å². The van der Waals surface area contributed by atoms with Gasteiger partial charge in [0.15, 0.2) is 0 Å². The van der Waals surface area contributed by atoms with Gasteiger partial charge in [0.2, 0.25) is 0 Å². The highest BCUT2D eigenvalue weighted by Gasteiger charge is 2.18. The zero-order valence-electron chi connectivity index (χ0n) is 14.1. The van der Waals surface area contributed by atoms with Gasteiger partial charge in [-0.3, -0.25) is 4.79 Å². The monoisotopic (exact) mass is 310 g/mol. The number of carboxylic acid groups (broad SMARTS) is 1. The fourth-order valence-electron chi connectivity index (χ4n) is 3.44. The number of benzene rings is 2. The van der Waals surface area contributed by atoms with Crippen LogP contribution < -0.4 is 0 Å². The molecule has 0 unspecified atom stereocenters. The van der Waals surface area contributed by atoms with Crippen molar-refractivity contribution in [2.45, 2.75) is 51.9 Å². The standard InChI is InChI=1S/C19H22.C2H4O2/c1-15-18(16-9-4-2-5-10-16)13-8-14-19(15)17-11-6-3-7-12-17;1-2(3)4/h2,4-5,8-10,13-14,17H,3,6-7,11-12H2,1H3;1H3,(H,3,4). The van der Waals surface area contributed by atoms with Gasteiger partial charge in [-0.05, 0) is 47.9 Å². The fourth-order valence-corrected chi connectivity index (χ4v) is 3.44. The molecule has 1 aliphatic rings. The molecule has 1 N–H and O–H groups in total. The van der Waals surface area contributed by atoms with E-state index in [4.69, 9.17) is 9.90 Å². The first-order valence-electron chi connectivity index (χ1n) is 8.44. The van der Waals surface area contributed by atoms with Gasteiger partial charge in [0.05, 0.1) is 0 Å². The molecule has 23 heavy (non-hydrogen) atoms. The SMILES string of the molecule is CC(=O)O.Cc1c(-c2ccccc2)cccc1C1CCCCC1. The van der Waals surface area contributed by atoms with E-state index in [1.165, 1.54) is 48.8 Å². The lowest BCUT2D eigenvalue weighted by atomic mass is 9.81. The van der Waals surface area contributed by atoms with Crippen LogP contribution in [0.1, 0.15) is 56.1 Å². The molecule has 0 spiro atoms. The highest BCUT2D eigenvalue weighted by molar-refractivity contribution is 5.68. The van der Waals surface area contributed by atoms with Gasteiger partial charge in [-0.2, -0.15) is 0 Å². The number of carboxylic acids is 1. The minimum absolute atomic E-state index is 0.789. The highest BCUT2D eigenvalue weighted by atomic mass is 16.4. The van der Waals surface area contributed by atoms with Crippen molar-refractivity contribution in [1.82, 2.24) is 0 Å².